The molecule has 0 aliphatic rings. The fourth-order valence-corrected chi connectivity index (χ4v) is 1.96. The van der Waals surface area contributed by atoms with Gasteiger partial charge in [-0.05, 0) is 59.2 Å². The van der Waals surface area contributed by atoms with Crippen molar-refractivity contribution in [3.63, 3.8) is 0 Å². The molecule has 0 bridgehead atoms. The monoisotopic (exact) mass is 345 g/mol. The van der Waals surface area contributed by atoms with Gasteiger partial charge >= 0.3 is 5.97 Å². The van der Waals surface area contributed by atoms with Gasteiger partial charge in [0, 0.05) is 0 Å². The SMILES string of the molecule is CCC(C)(C)C(=O)OCCO.CCCCN(CCCC)CCCC. The molecule has 0 aromatic carbocycles. The highest BCUT2D eigenvalue weighted by Crippen LogP contribution is 2.21. The fourth-order valence-electron chi connectivity index (χ4n) is 1.96. The van der Waals surface area contributed by atoms with Gasteiger partial charge in [-0.25, -0.2) is 0 Å². The van der Waals surface area contributed by atoms with Crippen LogP contribution in [0.2, 0.25) is 0 Å². The molecule has 0 aliphatic heterocycles. The average molecular weight is 346 g/mol. The lowest BCUT2D eigenvalue weighted by Crippen LogP contribution is -2.27. The second-order valence-electron chi connectivity index (χ2n) is 7.00. The number of carbonyl (C=O) groups excluding carboxylic acids is 1. The minimum absolute atomic E-state index is 0.0995. The van der Waals surface area contributed by atoms with E-state index in [1.165, 1.54) is 58.2 Å². The van der Waals surface area contributed by atoms with Crippen molar-refractivity contribution in [1.82, 2.24) is 4.90 Å². The molecule has 0 spiro atoms. The molecule has 0 atom stereocenters. The van der Waals surface area contributed by atoms with Crippen molar-refractivity contribution in [3.05, 3.63) is 0 Å². The molecule has 0 amide bonds. The van der Waals surface area contributed by atoms with Crippen molar-refractivity contribution in [2.24, 2.45) is 5.41 Å². The van der Waals surface area contributed by atoms with Gasteiger partial charge in [0.15, 0.2) is 0 Å². The lowest BCUT2D eigenvalue weighted by Gasteiger charge is -2.21. The van der Waals surface area contributed by atoms with E-state index >= 15 is 0 Å². The van der Waals surface area contributed by atoms with Gasteiger partial charge in [0.2, 0.25) is 0 Å². The predicted molar refractivity (Wildman–Crippen MR) is 103 cm³/mol. The molecule has 24 heavy (non-hydrogen) atoms. The molecule has 0 fully saturated rings. The quantitative estimate of drug-likeness (QED) is 0.494. The van der Waals surface area contributed by atoms with E-state index in [1.54, 1.807) is 0 Å². The number of aliphatic hydroxyl groups is 1. The summed E-state index contributed by atoms with van der Waals surface area (Å²) in [5, 5.41) is 8.38. The summed E-state index contributed by atoms with van der Waals surface area (Å²) >= 11 is 0. The summed E-state index contributed by atoms with van der Waals surface area (Å²) in [6.07, 6.45) is 8.84. The van der Waals surface area contributed by atoms with E-state index in [9.17, 15) is 4.79 Å². The van der Waals surface area contributed by atoms with Crippen LogP contribution < -0.4 is 0 Å². The van der Waals surface area contributed by atoms with Crippen LogP contribution in [-0.2, 0) is 9.53 Å². The van der Waals surface area contributed by atoms with Crippen molar-refractivity contribution in [3.8, 4) is 0 Å². The number of aliphatic hydroxyl groups excluding tert-OH is 1. The number of carbonyl (C=O) groups is 1. The van der Waals surface area contributed by atoms with Gasteiger partial charge in [0.25, 0.3) is 0 Å². The Kier molecular flexibility index (Phi) is 18.4. The molecular formula is C20H43NO3. The Balaban J connectivity index is 0. The minimum atomic E-state index is -0.421. The van der Waals surface area contributed by atoms with Crippen LogP contribution >= 0.6 is 0 Å². The Bertz CT molecular complexity index is 261. The molecule has 0 aromatic heterocycles. The van der Waals surface area contributed by atoms with E-state index in [0.717, 1.165) is 6.42 Å². The number of hydrogen-bond donors (Lipinski definition) is 1. The van der Waals surface area contributed by atoms with Gasteiger partial charge in [-0.2, -0.15) is 0 Å². The minimum Gasteiger partial charge on any atom is -0.463 e. The highest BCUT2D eigenvalue weighted by molar-refractivity contribution is 5.75. The van der Waals surface area contributed by atoms with E-state index < -0.39 is 5.41 Å². The smallest absolute Gasteiger partial charge is 0.311 e. The van der Waals surface area contributed by atoms with Gasteiger partial charge in [-0.3, -0.25) is 4.79 Å². The third kappa shape index (κ3) is 14.9. The summed E-state index contributed by atoms with van der Waals surface area (Å²) in [4.78, 5) is 13.8. The number of nitrogens with zero attached hydrogens (tertiary/aromatic N) is 1. The first-order valence-electron chi connectivity index (χ1n) is 9.89. The Morgan fingerprint density at radius 1 is 0.917 bits per heavy atom. The van der Waals surface area contributed by atoms with Gasteiger partial charge in [-0.1, -0.05) is 47.0 Å². The largest absolute Gasteiger partial charge is 0.463 e. The zero-order valence-electron chi connectivity index (χ0n) is 17.2. The summed E-state index contributed by atoms with van der Waals surface area (Å²) in [6.45, 7) is 16.4. The maximum Gasteiger partial charge on any atom is 0.311 e. The van der Waals surface area contributed by atoms with Crippen molar-refractivity contribution >= 4 is 5.97 Å². The maximum absolute atomic E-state index is 11.1. The van der Waals surface area contributed by atoms with Crippen molar-refractivity contribution < 1.29 is 14.6 Å². The van der Waals surface area contributed by atoms with Crippen LogP contribution in [0, 0.1) is 5.41 Å². The summed E-state index contributed by atoms with van der Waals surface area (Å²) in [7, 11) is 0. The lowest BCUT2D eigenvalue weighted by atomic mass is 9.91. The molecule has 4 heteroatoms. The molecular weight excluding hydrogens is 302 g/mol. The molecule has 0 unspecified atom stereocenters. The van der Waals surface area contributed by atoms with Crippen LogP contribution in [0.1, 0.15) is 86.5 Å². The molecule has 0 heterocycles. The van der Waals surface area contributed by atoms with E-state index in [2.05, 4.69) is 25.7 Å². The Hall–Kier alpha value is -0.610. The van der Waals surface area contributed by atoms with Gasteiger partial charge in [0.05, 0.1) is 12.0 Å². The third-order valence-electron chi connectivity index (χ3n) is 4.24. The average Bonchev–Trinajstić information content (AvgIpc) is 2.59. The van der Waals surface area contributed by atoms with Crippen molar-refractivity contribution in [1.29, 1.82) is 0 Å². The van der Waals surface area contributed by atoms with Crippen LogP contribution in [0.3, 0.4) is 0 Å². The van der Waals surface area contributed by atoms with Gasteiger partial charge < -0.3 is 14.7 Å². The summed E-state index contributed by atoms with van der Waals surface area (Å²) in [6, 6.07) is 0. The normalized spacial score (nSPS) is 11.2. The lowest BCUT2D eigenvalue weighted by molar-refractivity contribution is -0.155. The number of unbranched alkanes of at least 4 members (excludes halogenated alkanes) is 3. The van der Waals surface area contributed by atoms with Gasteiger partial charge in [0.1, 0.15) is 6.61 Å². The first-order chi connectivity index (χ1) is 11.4. The van der Waals surface area contributed by atoms with Crippen molar-refractivity contribution in [2.45, 2.75) is 86.5 Å². The topological polar surface area (TPSA) is 49.8 Å². The van der Waals surface area contributed by atoms with E-state index in [4.69, 9.17) is 9.84 Å². The molecule has 0 aliphatic carbocycles. The van der Waals surface area contributed by atoms with Crippen LogP contribution in [0.5, 0.6) is 0 Å². The highest BCUT2D eigenvalue weighted by Gasteiger charge is 2.26. The molecule has 146 valence electrons. The first kappa shape index (κ1) is 25.6. The zero-order chi connectivity index (χ0) is 18.8. The van der Waals surface area contributed by atoms with Crippen LogP contribution in [-0.4, -0.2) is 48.8 Å². The van der Waals surface area contributed by atoms with E-state index in [0.29, 0.717) is 0 Å². The standard InChI is InChI=1S/C12H27N.C8H16O3/c1-4-7-10-13(11-8-5-2)12-9-6-3;1-4-8(2,3)7(10)11-6-5-9/h4-12H2,1-3H3;9H,4-6H2,1-3H3. The zero-order valence-corrected chi connectivity index (χ0v) is 17.2. The van der Waals surface area contributed by atoms with E-state index in [1.807, 2.05) is 20.8 Å². The van der Waals surface area contributed by atoms with Crippen LogP contribution in [0.4, 0.5) is 0 Å². The number of hydrogen-bond acceptors (Lipinski definition) is 4. The molecule has 0 rings (SSSR count). The number of ether oxygens (including phenoxy) is 1. The van der Waals surface area contributed by atoms with Crippen LogP contribution in [0.15, 0.2) is 0 Å². The van der Waals surface area contributed by atoms with Crippen molar-refractivity contribution in [2.75, 3.05) is 32.8 Å². The predicted octanol–water partition coefficient (Wildman–Crippen LogP) is 4.65. The Labute approximate surface area is 151 Å². The molecule has 0 radical (unpaired) electrons. The summed E-state index contributed by atoms with van der Waals surface area (Å²) in [5.41, 5.74) is -0.421. The molecule has 0 saturated heterocycles. The second kappa shape index (κ2) is 17.2. The number of rotatable bonds is 13. The van der Waals surface area contributed by atoms with Gasteiger partial charge in [-0.15, -0.1) is 0 Å². The third-order valence-corrected chi connectivity index (χ3v) is 4.24. The highest BCUT2D eigenvalue weighted by atomic mass is 16.5. The molecule has 1 N–H and O–H groups in total. The van der Waals surface area contributed by atoms with E-state index in [-0.39, 0.29) is 19.2 Å². The Morgan fingerprint density at radius 3 is 1.62 bits per heavy atom. The molecule has 0 aromatic rings. The summed E-state index contributed by atoms with van der Waals surface area (Å²) in [5.74, 6) is -0.242. The second-order valence-corrected chi connectivity index (χ2v) is 7.00. The first-order valence-corrected chi connectivity index (χ1v) is 9.89. The number of esters is 1. The summed E-state index contributed by atoms with van der Waals surface area (Å²) < 4.78 is 4.76. The van der Waals surface area contributed by atoms with Crippen LogP contribution in [0.25, 0.3) is 0 Å². The molecule has 0 saturated carbocycles. The maximum atomic E-state index is 11.1. The fraction of sp³-hybridized carbons (Fsp3) is 0.950. The molecule has 4 nitrogen and oxygen atoms in total. The Morgan fingerprint density at radius 2 is 1.33 bits per heavy atom.